The summed E-state index contributed by atoms with van der Waals surface area (Å²) in [5, 5.41) is 0. The Morgan fingerprint density at radius 3 is 2.05 bits per heavy atom. The number of ketones is 2. The molecule has 0 saturated heterocycles. The molecule has 2 rings (SSSR count). The molecule has 1 aliphatic carbocycles. The lowest BCUT2D eigenvalue weighted by atomic mass is 9.75. The lowest BCUT2D eigenvalue weighted by molar-refractivity contribution is -0.137. The van der Waals surface area contributed by atoms with Gasteiger partial charge >= 0.3 is 0 Å². The summed E-state index contributed by atoms with van der Waals surface area (Å²) in [4.78, 5) is 39.0. The minimum atomic E-state index is -0.626. The second-order valence-electron chi connectivity index (χ2n) is 5.53. The third kappa shape index (κ3) is 2.14. The molecule has 2 aliphatic rings. The Morgan fingerprint density at radius 2 is 1.57 bits per heavy atom. The number of carbonyl (C=O) groups excluding carboxylic acids is 3. The van der Waals surface area contributed by atoms with Gasteiger partial charge in [0.25, 0.3) is 0 Å². The fourth-order valence-electron chi connectivity index (χ4n) is 2.88. The van der Waals surface area contributed by atoms with Gasteiger partial charge in [-0.25, -0.2) is 0 Å². The average Bonchev–Trinajstić information content (AvgIpc) is 2.43. The van der Waals surface area contributed by atoms with E-state index in [1.807, 2.05) is 13.8 Å². The molecule has 1 atom stereocenters. The molecule has 0 fully saturated rings. The molecule has 1 amide bonds. The van der Waals surface area contributed by atoms with E-state index in [0.717, 1.165) is 0 Å². The van der Waals surface area contributed by atoms with E-state index in [4.69, 9.17) is 9.47 Å². The first-order valence-electron chi connectivity index (χ1n) is 6.74. The molecule has 114 valence electrons. The smallest absolute Gasteiger partial charge is 0.230 e. The molecule has 0 N–H and O–H groups in total. The van der Waals surface area contributed by atoms with Gasteiger partial charge in [0.15, 0.2) is 0 Å². The van der Waals surface area contributed by atoms with E-state index in [1.165, 1.54) is 19.1 Å². The Morgan fingerprint density at radius 1 is 1.05 bits per heavy atom. The summed E-state index contributed by atoms with van der Waals surface area (Å²) in [6, 6.07) is 0. The molecule has 6 nitrogen and oxygen atoms in total. The van der Waals surface area contributed by atoms with Crippen LogP contribution in [0.4, 0.5) is 0 Å². The number of methoxy groups -OCH3 is 2. The number of Topliss-reactive ketones (excluding diaryl/α,β-unsaturated/α-hetero) is 2. The highest BCUT2D eigenvalue weighted by atomic mass is 16.5. The van der Waals surface area contributed by atoms with Gasteiger partial charge in [-0.1, -0.05) is 13.8 Å². The summed E-state index contributed by atoms with van der Waals surface area (Å²) < 4.78 is 10.1. The molecule has 1 heterocycles. The Labute approximate surface area is 123 Å². The second kappa shape index (κ2) is 5.35. The summed E-state index contributed by atoms with van der Waals surface area (Å²) in [6.45, 7) is 3.82. The fraction of sp³-hybridized carbons (Fsp3) is 0.533. The molecule has 0 aromatic rings. The summed E-state index contributed by atoms with van der Waals surface area (Å²) >= 11 is 0. The van der Waals surface area contributed by atoms with Gasteiger partial charge in [-0.05, 0) is 5.92 Å². The van der Waals surface area contributed by atoms with Gasteiger partial charge in [-0.15, -0.1) is 0 Å². The number of nitrogens with zero attached hydrogens (tertiary/aromatic N) is 1. The number of carbonyl (C=O) groups is 3. The van der Waals surface area contributed by atoms with E-state index in [0.29, 0.717) is 5.57 Å². The minimum Gasteiger partial charge on any atom is -0.489 e. The predicted octanol–water partition coefficient (Wildman–Crippen LogP) is 0.683. The van der Waals surface area contributed by atoms with Crippen molar-refractivity contribution in [2.75, 3.05) is 27.8 Å². The zero-order valence-electron chi connectivity index (χ0n) is 12.9. The molecule has 1 aliphatic heterocycles. The standard InChI is InChI=1S/C15H19NO5/c1-7(2)9-10-8(6-16(3)15(9)19)11(17)13(20-4)14(21-5)12(10)18/h7,9H,6H2,1-5H3. The SMILES string of the molecule is COC1=C(OC)C(=O)C2=C(CN(C)C(=O)C2C(C)C)C1=O. The van der Waals surface area contributed by atoms with Gasteiger partial charge in [-0.3, -0.25) is 14.4 Å². The van der Waals surface area contributed by atoms with Crippen LogP contribution in [0.1, 0.15) is 13.8 Å². The molecule has 0 radical (unpaired) electrons. The van der Waals surface area contributed by atoms with Crippen LogP contribution in [0.3, 0.4) is 0 Å². The fourth-order valence-corrected chi connectivity index (χ4v) is 2.88. The predicted molar refractivity (Wildman–Crippen MR) is 74.0 cm³/mol. The van der Waals surface area contributed by atoms with Gasteiger partial charge in [0, 0.05) is 24.7 Å². The summed E-state index contributed by atoms with van der Waals surface area (Å²) in [5.74, 6) is -1.89. The van der Waals surface area contributed by atoms with Gasteiger partial charge in [0.2, 0.25) is 29.0 Å². The van der Waals surface area contributed by atoms with Gasteiger partial charge in [0.05, 0.1) is 20.1 Å². The van der Waals surface area contributed by atoms with Crippen molar-refractivity contribution < 1.29 is 23.9 Å². The number of likely N-dealkylation sites (N-methyl/N-ethyl adjacent to an activating group) is 1. The first-order valence-corrected chi connectivity index (χ1v) is 6.74. The number of hydrogen-bond acceptors (Lipinski definition) is 5. The first-order chi connectivity index (χ1) is 9.84. The number of ether oxygens (including phenoxy) is 2. The average molecular weight is 293 g/mol. The van der Waals surface area contributed by atoms with Crippen LogP contribution in [-0.4, -0.2) is 50.2 Å². The maximum atomic E-state index is 12.6. The largest absolute Gasteiger partial charge is 0.489 e. The highest BCUT2D eigenvalue weighted by Crippen LogP contribution is 2.37. The van der Waals surface area contributed by atoms with Gasteiger partial charge in [0.1, 0.15) is 0 Å². The van der Waals surface area contributed by atoms with E-state index >= 15 is 0 Å². The quantitative estimate of drug-likeness (QED) is 0.716. The second-order valence-corrected chi connectivity index (χ2v) is 5.53. The molecule has 1 unspecified atom stereocenters. The number of amides is 1. The van der Waals surface area contributed by atoms with Crippen molar-refractivity contribution in [2.45, 2.75) is 13.8 Å². The van der Waals surface area contributed by atoms with Crippen LogP contribution >= 0.6 is 0 Å². The van der Waals surface area contributed by atoms with E-state index in [-0.39, 0.29) is 41.2 Å². The molecular weight excluding hydrogens is 274 g/mol. The third-order valence-corrected chi connectivity index (χ3v) is 3.89. The molecule has 6 heteroatoms. The van der Waals surface area contributed by atoms with Crippen molar-refractivity contribution in [3.8, 4) is 0 Å². The zero-order valence-corrected chi connectivity index (χ0v) is 12.9. The van der Waals surface area contributed by atoms with Crippen LogP contribution in [0.5, 0.6) is 0 Å². The molecule has 21 heavy (non-hydrogen) atoms. The number of rotatable bonds is 3. The van der Waals surface area contributed by atoms with Crippen LogP contribution < -0.4 is 0 Å². The number of hydrogen-bond donors (Lipinski definition) is 0. The van der Waals surface area contributed by atoms with E-state index in [9.17, 15) is 14.4 Å². The monoisotopic (exact) mass is 293 g/mol. The van der Waals surface area contributed by atoms with E-state index in [2.05, 4.69) is 0 Å². The highest BCUT2D eigenvalue weighted by molar-refractivity contribution is 6.26. The van der Waals surface area contributed by atoms with Crippen LogP contribution in [-0.2, 0) is 23.9 Å². The molecule has 0 spiro atoms. The van der Waals surface area contributed by atoms with E-state index < -0.39 is 11.7 Å². The van der Waals surface area contributed by atoms with Crippen LogP contribution in [0.25, 0.3) is 0 Å². The van der Waals surface area contributed by atoms with Gasteiger partial charge < -0.3 is 14.4 Å². The summed E-state index contributed by atoms with van der Waals surface area (Å²) in [7, 11) is 4.26. The lowest BCUT2D eigenvalue weighted by Gasteiger charge is -2.36. The molecule has 0 saturated carbocycles. The maximum Gasteiger partial charge on any atom is 0.230 e. The third-order valence-electron chi connectivity index (χ3n) is 3.89. The van der Waals surface area contributed by atoms with Crippen LogP contribution in [0, 0.1) is 11.8 Å². The Balaban J connectivity index is 2.64. The summed E-state index contributed by atoms with van der Waals surface area (Å²) in [5.41, 5.74) is 0.592. The van der Waals surface area contributed by atoms with Crippen molar-refractivity contribution >= 4 is 17.5 Å². The van der Waals surface area contributed by atoms with Crippen LogP contribution in [0.15, 0.2) is 22.7 Å². The van der Waals surface area contributed by atoms with E-state index in [1.54, 1.807) is 7.05 Å². The Bertz CT molecular complexity index is 585. The van der Waals surface area contributed by atoms with Crippen molar-refractivity contribution in [2.24, 2.45) is 11.8 Å². The normalized spacial score (nSPS) is 23.0. The Kier molecular flexibility index (Phi) is 3.89. The highest BCUT2D eigenvalue weighted by Gasteiger charge is 2.46. The molecule has 0 aromatic carbocycles. The lowest BCUT2D eigenvalue weighted by Crippen LogP contribution is -2.47. The van der Waals surface area contributed by atoms with Crippen molar-refractivity contribution in [3.63, 3.8) is 0 Å². The van der Waals surface area contributed by atoms with Gasteiger partial charge in [-0.2, -0.15) is 0 Å². The van der Waals surface area contributed by atoms with Crippen molar-refractivity contribution in [3.05, 3.63) is 22.7 Å². The molecule has 0 aromatic heterocycles. The molecule has 0 bridgehead atoms. The molecular formula is C15H19NO5. The van der Waals surface area contributed by atoms with Crippen LogP contribution in [0.2, 0.25) is 0 Å². The summed E-state index contributed by atoms with van der Waals surface area (Å²) in [6.07, 6.45) is 0. The topological polar surface area (TPSA) is 72.9 Å². The van der Waals surface area contributed by atoms with Crippen molar-refractivity contribution in [1.82, 2.24) is 4.90 Å². The van der Waals surface area contributed by atoms with Crippen molar-refractivity contribution in [1.29, 1.82) is 0 Å². The minimum absolute atomic E-state index is 0.0912. The first kappa shape index (κ1) is 15.3. The number of allylic oxidation sites excluding steroid dienone is 2. The maximum absolute atomic E-state index is 12.6. The Hall–Kier alpha value is -2.11. The zero-order chi connectivity index (χ0) is 15.9.